The number of nitriles is 1. The van der Waals surface area contributed by atoms with E-state index >= 15 is 0 Å². The molecule has 35 heavy (non-hydrogen) atoms. The van der Waals surface area contributed by atoms with Gasteiger partial charge in [0, 0.05) is 27.9 Å². The average molecular weight is 486 g/mol. The smallest absolute Gasteiger partial charge is 0.339 e. The van der Waals surface area contributed by atoms with E-state index in [1.54, 1.807) is 48.5 Å². The lowest BCUT2D eigenvalue weighted by Crippen LogP contribution is -2.25. The van der Waals surface area contributed by atoms with Crippen LogP contribution in [-0.2, 0) is 15.3 Å². The highest BCUT2D eigenvalue weighted by Gasteiger charge is 2.24. The van der Waals surface area contributed by atoms with Gasteiger partial charge < -0.3 is 15.4 Å². The molecule has 1 fully saturated rings. The lowest BCUT2D eigenvalue weighted by atomic mass is 10.2. The van der Waals surface area contributed by atoms with Crippen molar-refractivity contribution in [3.8, 4) is 6.07 Å². The molecule has 1 aliphatic carbocycles. The van der Waals surface area contributed by atoms with Gasteiger partial charge in [0.05, 0.1) is 17.2 Å². The summed E-state index contributed by atoms with van der Waals surface area (Å²) >= 11 is 1.47. The van der Waals surface area contributed by atoms with Gasteiger partial charge >= 0.3 is 5.97 Å². The standard InChI is InChI=1S/C27H23N3O4S/c28-15-18-8-10-19(11-9-18)17-35-24-7-2-1-6-23(24)27(33)34-16-25(31)29-22-5-3-4-20(14-22)26(32)30-21-12-13-21/h1-11,14,21H,12-13,16-17H2,(H,29,31)(H,30,32). The molecule has 0 spiro atoms. The predicted octanol–water partition coefficient (Wildman–Crippen LogP) is 4.54. The van der Waals surface area contributed by atoms with Gasteiger partial charge in [0.2, 0.25) is 0 Å². The van der Waals surface area contributed by atoms with Crippen LogP contribution in [0.15, 0.2) is 77.7 Å². The van der Waals surface area contributed by atoms with Gasteiger partial charge in [-0.1, -0.05) is 30.3 Å². The van der Waals surface area contributed by atoms with Crippen LogP contribution in [-0.4, -0.2) is 30.4 Å². The number of nitrogens with zero attached hydrogens (tertiary/aromatic N) is 1. The zero-order valence-electron chi connectivity index (χ0n) is 18.8. The first-order valence-corrected chi connectivity index (χ1v) is 12.1. The number of carbonyl (C=O) groups excluding carboxylic acids is 3. The Morgan fingerprint density at radius 3 is 2.51 bits per heavy atom. The van der Waals surface area contributed by atoms with Crippen LogP contribution in [0.5, 0.6) is 0 Å². The summed E-state index contributed by atoms with van der Waals surface area (Å²) in [6.45, 7) is -0.452. The summed E-state index contributed by atoms with van der Waals surface area (Å²) in [6.07, 6.45) is 1.98. The Balaban J connectivity index is 1.31. The average Bonchev–Trinajstić information content (AvgIpc) is 3.70. The van der Waals surface area contributed by atoms with Gasteiger partial charge in [-0.15, -0.1) is 11.8 Å². The van der Waals surface area contributed by atoms with Crippen molar-refractivity contribution < 1.29 is 19.1 Å². The van der Waals surface area contributed by atoms with Gasteiger partial charge in [-0.2, -0.15) is 5.26 Å². The number of thioether (sulfide) groups is 1. The molecule has 4 rings (SSSR count). The molecular weight excluding hydrogens is 462 g/mol. The molecule has 176 valence electrons. The van der Waals surface area contributed by atoms with Gasteiger partial charge in [-0.05, 0) is 60.9 Å². The van der Waals surface area contributed by atoms with Gasteiger partial charge in [-0.3, -0.25) is 9.59 Å². The zero-order chi connectivity index (χ0) is 24.6. The number of anilines is 1. The van der Waals surface area contributed by atoms with Crippen LogP contribution in [0.4, 0.5) is 5.69 Å². The minimum atomic E-state index is -0.597. The minimum absolute atomic E-state index is 0.176. The number of carbonyl (C=O) groups is 3. The highest BCUT2D eigenvalue weighted by atomic mass is 32.2. The van der Waals surface area contributed by atoms with Crippen LogP contribution in [0.1, 0.15) is 44.7 Å². The number of hydrogen-bond acceptors (Lipinski definition) is 6. The van der Waals surface area contributed by atoms with E-state index in [4.69, 9.17) is 10.00 Å². The molecule has 0 radical (unpaired) electrons. The summed E-state index contributed by atoms with van der Waals surface area (Å²) in [5.74, 6) is -0.659. The normalized spacial score (nSPS) is 12.3. The van der Waals surface area contributed by atoms with Crippen molar-refractivity contribution in [3.05, 3.63) is 95.1 Å². The van der Waals surface area contributed by atoms with E-state index in [9.17, 15) is 14.4 Å². The second-order valence-electron chi connectivity index (χ2n) is 8.05. The first-order chi connectivity index (χ1) is 17.0. The third-order valence-electron chi connectivity index (χ3n) is 5.24. The third-order valence-corrected chi connectivity index (χ3v) is 6.38. The van der Waals surface area contributed by atoms with Crippen molar-refractivity contribution in [1.82, 2.24) is 5.32 Å². The number of nitrogens with one attached hydrogen (secondary N) is 2. The van der Waals surface area contributed by atoms with Gasteiger partial charge in [0.15, 0.2) is 6.61 Å². The molecule has 7 nitrogen and oxygen atoms in total. The summed E-state index contributed by atoms with van der Waals surface area (Å²) in [6, 6.07) is 23.3. The summed E-state index contributed by atoms with van der Waals surface area (Å²) in [4.78, 5) is 37.9. The first-order valence-electron chi connectivity index (χ1n) is 11.1. The molecule has 0 heterocycles. The molecule has 8 heteroatoms. The molecule has 0 aliphatic heterocycles. The molecule has 0 saturated heterocycles. The van der Waals surface area contributed by atoms with Crippen LogP contribution < -0.4 is 10.6 Å². The monoisotopic (exact) mass is 485 g/mol. The Morgan fingerprint density at radius 2 is 1.77 bits per heavy atom. The molecule has 3 aromatic carbocycles. The molecule has 0 aromatic heterocycles. The Hall–Kier alpha value is -4.09. The molecular formula is C27H23N3O4S. The fourth-order valence-corrected chi connectivity index (χ4v) is 4.23. The number of benzene rings is 3. The van der Waals surface area contributed by atoms with Crippen molar-refractivity contribution in [1.29, 1.82) is 5.26 Å². The van der Waals surface area contributed by atoms with Gasteiger partial charge in [-0.25, -0.2) is 4.79 Å². The topological polar surface area (TPSA) is 108 Å². The Labute approximate surface area is 207 Å². The third kappa shape index (κ3) is 6.95. The largest absolute Gasteiger partial charge is 0.452 e. The van der Waals surface area contributed by atoms with Gasteiger partial charge in [0.1, 0.15) is 0 Å². The maximum Gasteiger partial charge on any atom is 0.339 e. The van der Waals surface area contributed by atoms with Crippen LogP contribution >= 0.6 is 11.8 Å². The molecule has 2 N–H and O–H groups in total. The molecule has 0 atom stereocenters. The molecule has 3 aromatic rings. The number of amides is 2. The number of hydrogen-bond donors (Lipinski definition) is 2. The number of rotatable bonds is 9. The van der Waals surface area contributed by atoms with E-state index in [0.29, 0.717) is 28.1 Å². The van der Waals surface area contributed by atoms with Crippen molar-refractivity contribution in [2.45, 2.75) is 29.5 Å². The van der Waals surface area contributed by atoms with E-state index in [2.05, 4.69) is 16.7 Å². The predicted molar refractivity (Wildman–Crippen MR) is 133 cm³/mol. The van der Waals surface area contributed by atoms with Crippen LogP contribution in [0.2, 0.25) is 0 Å². The summed E-state index contributed by atoms with van der Waals surface area (Å²) in [5.41, 5.74) is 2.89. The Kier molecular flexibility index (Phi) is 7.81. The molecule has 2 amide bonds. The summed E-state index contributed by atoms with van der Waals surface area (Å²) < 4.78 is 5.24. The van der Waals surface area contributed by atoms with Crippen molar-refractivity contribution in [2.24, 2.45) is 0 Å². The van der Waals surface area contributed by atoms with Crippen LogP contribution in [0.3, 0.4) is 0 Å². The van der Waals surface area contributed by atoms with E-state index in [1.807, 2.05) is 24.3 Å². The Bertz CT molecular complexity index is 1280. The quantitative estimate of drug-likeness (QED) is 0.340. The summed E-state index contributed by atoms with van der Waals surface area (Å²) in [7, 11) is 0. The summed E-state index contributed by atoms with van der Waals surface area (Å²) in [5, 5.41) is 14.5. The second kappa shape index (κ2) is 11.4. The highest BCUT2D eigenvalue weighted by molar-refractivity contribution is 7.98. The SMILES string of the molecule is N#Cc1ccc(CSc2ccccc2C(=O)OCC(=O)Nc2cccc(C(=O)NC3CC3)c2)cc1. The van der Waals surface area contributed by atoms with Crippen molar-refractivity contribution >= 4 is 35.2 Å². The van der Waals surface area contributed by atoms with Crippen molar-refractivity contribution in [3.63, 3.8) is 0 Å². The van der Waals surface area contributed by atoms with E-state index in [-0.39, 0.29) is 11.9 Å². The maximum absolute atomic E-state index is 12.7. The Morgan fingerprint density at radius 1 is 1.00 bits per heavy atom. The fraction of sp³-hybridized carbons (Fsp3) is 0.185. The van der Waals surface area contributed by atoms with E-state index in [0.717, 1.165) is 23.3 Å². The van der Waals surface area contributed by atoms with Gasteiger partial charge in [0.25, 0.3) is 11.8 Å². The lowest BCUT2D eigenvalue weighted by molar-refractivity contribution is -0.119. The maximum atomic E-state index is 12.7. The number of ether oxygens (including phenoxy) is 1. The van der Waals surface area contributed by atoms with Crippen molar-refractivity contribution in [2.75, 3.05) is 11.9 Å². The van der Waals surface area contributed by atoms with Crippen LogP contribution in [0.25, 0.3) is 0 Å². The van der Waals surface area contributed by atoms with E-state index in [1.165, 1.54) is 11.8 Å². The lowest BCUT2D eigenvalue weighted by Gasteiger charge is -2.10. The fourth-order valence-electron chi connectivity index (χ4n) is 3.24. The molecule has 0 bridgehead atoms. The molecule has 1 saturated carbocycles. The first kappa shape index (κ1) is 24.0. The second-order valence-corrected chi connectivity index (χ2v) is 9.06. The van der Waals surface area contributed by atoms with E-state index < -0.39 is 18.5 Å². The minimum Gasteiger partial charge on any atom is -0.452 e. The highest BCUT2D eigenvalue weighted by Crippen LogP contribution is 2.27. The van der Waals surface area contributed by atoms with Crippen LogP contribution in [0, 0.1) is 11.3 Å². The molecule has 1 aliphatic rings. The zero-order valence-corrected chi connectivity index (χ0v) is 19.6. The number of esters is 1. The molecule has 0 unspecified atom stereocenters.